The molecule has 15 heteroatoms. The van der Waals surface area contributed by atoms with Crippen molar-refractivity contribution in [1.82, 2.24) is 14.8 Å². The largest absolute Gasteiger partial charge is 0.490 e. The Labute approximate surface area is 231 Å². The molecule has 2 aromatic rings. The molecule has 2 saturated heterocycles. The van der Waals surface area contributed by atoms with Crippen molar-refractivity contribution < 1.29 is 50.9 Å². The summed E-state index contributed by atoms with van der Waals surface area (Å²) < 4.78 is 69.8. The van der Waals surface area contributed by atoms with E-state index in [-0.39, 0.29) is 5.60 Å². The number of carbonyl (C=O) groups is 2. The average Bonchev–Trinajstić information content (AvgIpc) is 3.47. The molecule has 2 N–H and O–H groups in total. The summed E-state index contributed by atoms with van der Waals surface area (Å²) in [4.78, 5) is 29.9. The van der Waals surface area contributed by atoms with Crippen molar-refractivity contribution in [3.05, 3.63) is 52.0 Å². The van der Waals surface area contributed by atoms with Crippen LogP contribution in [0.25, 0.3) is 0 Å². The summed E-state index contributed by atoms with van der Waals surface area (Å²) in [5.74, 6) is -5.51. The topological polar surface area (TPSA) is 103 Å². The lowest BCUT2D eigenvalue weighted by Crippen LogP contribution is -2.44. The number of piperidine rings is 1. The monoisotopic (exact) mass is 599 g/mol. The maximum atomic E-state index is 10.6. The number of nitrogens with zero attached hydrogens (tertiary/aromatic N) is 3. The van der Waals surface area contributed by atoms with Gasteiger partial charge in [0.15, 0.2) is 0 Å². The van der Waals surface area contributed by atoms with Crippen molar-refractivity contribution >= 4 is 23.3 Å². The van der Waals surface area contributed by atoms with E-state index in [1.165, 1.54) is 15.3 Å². The molecular formula is C25H31F6N3O5S. The summed E-state index contributed by atoms with van der Waals surface area (Å²) in [6, 6.07) is 9.19. The van der Waals surface area contributed by atoms with Gasteiger partial charge < -0.3 is 14.9 Å². The molecule has 4 heterocycles. The number of halogens is 6. The number of carboxylic acid groups (broad SMARTS) is 2. The number of carboxylic acids is 2. The summed E-state index contributed by atoms with van der Waals surface area (Å²) >= 11 is 1.93. The Balaban J connectivity index is 0.000000333. The summed E-state index contributed by atoms with van der Waals surface area (Å²) in [5, 5.41) is 14.2. The molecular weight excluding hydrogens is 568 g/mol. The van der Waals surface area contributed by atoms with E-state index in [1.54, 1.807) is 0 Å². The predicted octanol–water partition coefficient (Wildman–Crippen LogP) is 4.97. The molecule has 1 unspecified atom stereocenters. The molecule has 2 aliphatic rings. The highest BCUT2D eigenvalue weighted by molar-refractivity contribution is 7.11. The minimum atomic E-state index is -5.08. The zero-order chi connectivity index (χ0) is 30.1. The minimum absolute atomic E-state index is 0.107. The molecule has 0 aromatic carbocycles. The van der Waals surface area contributed by atoms with Crippen LogP contribution in [-0.4, -0.2) is 87.7 Å². The van der Waals surface area contributed by atoms with Crippen LogP contribution in [0.15, 0.2) is 36.7 Å². The number of aliphatic carboxylic acids is 2. The first-order chi connectivity index (χ1) is 18.5. The first-order valence-electron chi connectivity index (χ1n) is 12.1. The van der Waals surface area contributed by atoms with Gasteiger partial charge in [-0.25, -0.2) is 9.59 Å². The standard InChI is InChI=1S/C21H29N3OS.2C2HF3O2/c1-17-5-6-20(26-17)15-24-10-7-21(8-11-24)12-19(16-25-21)23(2)14-18-4-3-9-22-13-18;2*3-2(4,5)1(6)7/h3-6,9,13,19H,7-8,10-12,14-16H2,1-2H3;2*(H,6,7). The van der Waals surface area contributed by atoms with Crippen molar-refractivity contribution in [2.24, 2.45) is 0 Å². The molecule has 8 nitrogen and oxygen atoms in total. The van der Waals surface area contributed by atoms with E-state index in [2.05, 4.69) is 47.0 Å². The molecule has 0 aliphatic carbocycles. The number of hydrogen-bond acceptors (Lipinski definition) is 7. The first-order valence-corrected chi connectivity index (χ1v) is 12.9. The minimum Gasteiger partial charge on any atom is -0.475 e. The maximum absolute atomic E-state index is 10.6. The fourth-order valence-electron chi connectivity index (χ4n) is 4.27. The van der Waals surface area contributed by atoms with E-state index in [4.69, 9.17) is 24.5 Å². The molecule has 40 heavy (non-hydrogen) atoms. The molecule has 0 radical (unpaired) electrons. The lowest BCUT2D eigenvalue weighted by Gasteiger charge is -2.38. The zero-order valence-corrected chi connectivity index (χ0v) is 22.7. The van der Waals surface area contributed by atoms with Crippen LogP contribution in [-0.2, 0) is 27.4 Å². The number of aryl methyl sites for hydroxylation is 1. The zero-order valence-electron chi connectivity index (χ0n) is 21.8. The van der Waals surface area contributed by atoms with Gasteiger partial charge in [-0.05, 0) is 57.0 Å². The number of pyridine rings is 1. The van der Waals surface area contributed by atoms with Gasteiger partial charge in [-0.15, -0.1) is 11.3 Å². The van der Waals surface area contributed by atoms with Crippen molar-refractivity contribution in [1.29, 1.82) is 0 Å². The summed E-state index contributed by atoms with van der Waals surface area (Å²) in [6.07, 6.45) is -2.88. The van der Waals surface area contributed by atoms with Crippen molar-refractivity contribution in [3.8, 4) is 0 Å². The van der Waals surface area contributed by atoms with Crippen LogP contribution in [0.5, 0.6) is 0 Å². The number of thiophene rings is 1. The lowest BCUT2D eigenvalue weighted by molar-refractivity contribution is -0.193. The fourth-order valence-corrected chi connectivity index (χ4v) is 5.20. The first kappa shape index (κ1) is 33.5. The molecule has 2 aromatic heterocycles. The number of alkyl halides is 6. The summed E-state index contributed by atoms with van der Waals surface area (Å²) in [5.41, 5.74) is 1.38. The van der Waals surface area contributed by atoms with Crippen molar-refractivity contribution in [2.75, 3.05) is 26.7 Å². The Kier molecular flexibility index (Phi) is 11.9. The highest BCUT2D eigenvalue weighted by atomic mass is 32.1. The number of hydrogen-bond donors (Lipinski definition) is 2. The molecule has 0 bridgehead atoms. The molecule has 1 spiro atoms. The van der Waals surface area contributed by atoms with Crippen LogP contribution >= 0.6 is 11.3 Å². The predicted molar refractivity (Wildman–Crippen MR) is 134 cm³/mol. The van der Waals surface area contributed by atoms with Gasteiger partial charge in [0.1, 0.15) is 0 Å². The molecule has 2 aliphatic heterocycles. The molecule has 224 valence electrons. The highest BCUT2D eigenvalue weighted by Crippen LogP contribution is 2.38. The van der Waals surface area contributed by atoms with Crippen molar-refractivity contribution in [2.45, 2.75) is 63.3 Å². The van der Waals surface area contributed by atoms with E-state index in [9.17, 15) is 26.3 Å². The van der Waals surface area contributed by atoms with Crippen LogP contribution in [0.4, 0.5) is 26.3 Å². The molecule has 2 fully saturated rings. The molecule has 4 rings (SSSR count). The second kappa shape index (κ2) is 14.2. The maximum Gasteiger partial charge on any atom is 0.490 e. The Morgan fingerprint density at radius 3 is 2.12 bits per heavy atom. The smallest absolute Gasteiger partial charge is 0.475 e. The SMILES string of the molecule is Cc1ccc(CN2CCC3(CC2)CC(N(C)Cc2cccnc2)CO3)s1.O=C(O)C(F)(F)F.O=C(O)C(F)(F)F. The second-order valence-corrected chi connectivity index (χ2v) is 10.9. The average molecular weight is 600 g/mol. The normalized spacial score (nSPS) is 19.0. The van der Waals surface area contributed by atoms with E-state index in [1.807, 2.05) is 29.8 Å². The van der Waals surface area contributed by atoms with Gasteiger partial charge in [0.2, 0.25) is 0 Å². The molecule has 1 atom stereocenters. The quantitative estimate of drug-likeness (QED) is 0.465. The van der Waals surface area contributed by atoms with Crippen LogP contribution in [0, 0.1) is 6.92 Å². The van der Waals surface area contributed by atoms with Crippen LogP contribution in [0.3, 0.4) is 0 Å². The van der Waals surface area contributed by atoms with E-state index < -0.39 is 24.3 Å². The number of aromatic nitrogens is 1. The summed E-state index contributed by atoms with van der Waals surface area (Å²) in [6.45, 7) is 7.39. The van der Waals surface area contributed by atoms with E-state index in [0.717, 1.165) is 52.0 Å². The lowest BCUT2D eigenvalue weighted by atomic mass is 9.87. The number of rotatable bonds is 5. The van der Waals surface area contributed by atoms with Gasteiger partial charge in [-0.1, -0.05) is 6.07 Å². The number of likely N-dealkylation sites (tertiary alicyclic amines) is 1. The second-order valence-electron chi connectivity index (χ2n) is 9.52. The van der Waals surface area contributed by atoms with Crippen LogP contribution < -0.4 is 0 Å². The van der Waals surface area contributed by atoms with Gasteiger partial charge in [0.05, 0.1) is 12.2 Å². The van der Waals surface area contributed by atoms with Gasteiger partial charge >= 0.3 is 24.3 Å². The van der Waals surface area contributed by atoms with Crippen molar-refractivity contribution in [3.63, 3.8) is 0 Å². The van der Waals surface area contributed by atoms with Crippen LogP contribution in [0.2, 0.25) is 0 Å². The molecule has 0 amide bonds. The highest BCUT2D eigenvalue weighted by Gasteiger charge is 2.44. The van der Waals surface area contributed by atoms with E-state index >= 15 is 0 Å². The Bertz CT molecular complexity index is 1060. The third kappa shape index (κ3) is 11.0. The third-order valence-electron chi connectivity index (χ3n) is 6.40. The van der Waals surface area contributed by atoms with E-state index in [0.29, 0.717) is 6.04 Å². The van der Waals surface area contributed by atoms with Crippen LogP contribution in [0.1, 0.15) is 34.6 Å². The fraction of sp³-hybridized carbons (Fsp3) is 0.560. The Morgan fingerprint density at radius 1 is 1.10 bits per heavy atom. The third-order valence-corrected chi connectivity index (χ3v) is 7.38. The number of ether oxygens (including phenoxy) is 1. The summed E-state index contributed by atoms with van der Waals surface area (Å²) in [7, 11) is 2.22. The Morgan fingerprint density at radius 2 is 1.68 bits per heavy atom. The Hall–Kier alpha value is -2.75. The van der Waals surface area contributed by atoms with Gasteiger partial charge in [0.25, 0.3) is 0 Å². The van der Waals surface area contributed by atoms with Gasteiger partial charge in [-0.3, -0.25) is 14.8 Å². The van der Waals surface area contributed by atoms with Gasteiger partial charge in [-0.2, -0.15) is 26.3 Å². The van der Waals surface area contributed by atoms with Gasteiger partial charge in [0, 0.05) is 54.4 Å². The number of likely N-dealkylation sites (N-methyl/N-ethyl adjacent to an activating group) is 1. The molecule has 0 saturated carbocycles.